The zero-order chi connectivity index (χ0) is 14.9. The first-order chi connectivity index (χ1) is 10.1. The lowest BCUT2D eigenvalue weighted by Crippen LogP contribution is -2.35. The first-order valence-electron chi connectivity index (χ1n) is 6.84. The number of aromatic nitrogens is 4. The molecule has 3 rings (SSSR count). The van der Waals surface area contributed by atoms with E-state index in [-0.39, 0.29) is 10.9 Å². The van der Waals surface area contributed by atoms with Crippen molar-refractivity contribution in [3.05, 3.63) is 30.4 Å². The molecular weight excluding hydrogens is 290 g/mol. The van der Waals surface area contributed by atoms with Gasteiger partial charge in [-0.3, -0.25) is 5.10 Å². The predicted octanol–water partition coefficient (Wildman–Crippen LogP) is 1.33. The van der Waals surface area contributed by atoms with E-state index in [1.165, 1.54) is 12.5 Å². The fraction of sp³-hybridized carbons (Fsp3) is 0.462. The summed E-state index contributed by atoms with van der Waals surface area (Å²) in [5.41, 5.74) is 0.629. The summed E-state index contributed by atoms with van der Waals surface area (Å²) < 4.78 is 23.8. The van der Waals surface area contributed by atoms with Crippen molar-refractivity contribution < 1.29 is 8.42 Å². The maximum atomic E-state index is 11.9. The van der Waals surface area contributed by atoms with Crippen molar-refractivity contribution in [2.45, 2.75) is 30.2 Å². The number of aromatic amines is 1. The predicted molar refractivity (Wildman–Crippen MR) is 77.7 cm³/mol. The molecule has 3 heterocycles. The minimum Gasteiger partial charge on any atom is -0.332 e. The van der Waals surface area contributed by atoms with Crippen molar-refractivity contribution in [1.82, 2.24) is 20.2 Å². The molecule has 2 aromatic rings. The Labute approximate surface area is 123 Å². The molecule has 0 spiro atoms. The molecule has 2 aromatic heterocycles. The van der Waals surface area contributed by atoms with E-state index >= 15 is 0 Å². The summed E-state index contributed by atoms with van der Waals surface area (Å²) in [4.78, 5) is 10.9. The average molecular weight is 307 g/mol. The molecule has 7 nitrogen and oxygen atoms in total. The Kier molecular flexibility index (Phi) is 3.62. The molecule has 0 aromatic carbocycles. The van der Waals surface area contributed by atoms with Crippen molar-refractivity contribution in [1.29, 1.82) is 0 Å². The second kappa shape index (κ2) is 5.44. The highest BCUT2D eigenvalue weighted by atomic mass is 32.2. The van der Waals surface area contributed by atoms with Gasteiger partial charge in [-0.1, -0.05) is 0 Å². The molecule has 0 unspecified atom stereocenters. The van der Waals surface area contributed by atoms with Crippen molar-refractivity contribution >= 4 is 15.8 Å². The zero-order valence-electron chi connectivity index (χ0n) is 11.7. The van der Waals surface area contributed by atoms with Crippen LogP contribution in [0.2, 0.25) is 0 Å². The Morgan fingerprint density at radius 3 is 2.76 bits per heavy atom. The Hall–Kier alpha value is -1.96. The lowest BCUT2D eigenvalue weighted by Gasteiger charge is -2.35. The molecule has 0 bridgehead atoms. The highest BCUT2D eigenvalue weighted by molar-refractivity contribution is 7.90. The summed E-state index contributed by atoms with van der Waals surface area (Å²) in [5.74, 6) is 0.622. The van der Waals surface area contributed by atoms with E-state index in [9.17, 15) is 8.42 Å². The maximum Gasteiger partial charge on any atom is 0.225 e. The SMILES string of the molecule is CS(=O)(=O)c1cn[nH]c1[C@H]1CCCCN1c1ncccn1. The van der Waals surface area contributed by atoms with Crippen LogP contribution in [-0.4, -0.2) is 41.4 Å². The smallest absolute Gasteiger partial charge is 0.225 e. The van der Waals surface area contributed by atoms with Crippen LogP contribution in [0.15, 0.2) is 29.6 Å². The Balaban J connectivity index is 2.01. The number of H-pyrrole nitrogens is 1. The molecule has 0 aliphatic carbocycles. The van der Waals surface area contributed by atoms with E-state index in [0.29, 0.717) is 11.6 Å². The van der Waals surface area contributed by atoms with E-state index in [0.717, 1.165) is 25.8 Å². The van der Waals surface area contributed by atoms with Gasteiger partial charge in [-0.2, -0.15) is 5.10 Å². The minimum absolute atomic E-state index is 0.0895. The van der Waals surface area contributed by atoms with Crippen LogP contribution in [0.1, 0.15) is 31.0 Å². The summed E-state index contributed by atoms with van der Waals surface area (Å²) in [6.45, 7) is 0.802. The van der Waals surface area contributed by atoms with Crippen molar-refractivity contribution in [3.8, 4) is 0 Å². The number of anilines is 1. The number of piperidine rings is 1. The minimum atomic E-state index is -3.31. The van der Waals surface area contributed by atoms with Crippen molar-refractivity contribution in [3.63, 3.8) is 0 Å². The highest BCUT2D eigenvalue weighted by Gasteiger charge is 2.31. The molecule has 1 atom stereocenters. The number of hydrogen-bond donors (Lipinski definition) is 1. The molecule has 8 heteroatoms. The highest BCUT2D eigenvalue weighted by Crippen LogP contribution is 2.34. The molecular formula is C13H17N5O2S. The Bertz CT molecular complexity index is 713. The summed E-state index contributed by atoms with van der Waals surface area (Å²) in [7, 11) is -3.31. The maximum absolute atomic E-state index is 11.9. The normalized spacial score (nSPS) is 19.7. The van der Waals surface area contributed by atoms with E-state index in [1.807, 2.05) is 4.90 Å². The first kappa shape index (κ1) is 14.0. The quantitative estimate of drug-likeness (QED) is 0.920. The van der Waals surface area contributed by atoms with Crippen LogP contribution < -0.4 is 4.90 Å². The number of hydrogen-bond acceptors (Lipinski definition) is 6. The molecule has 1 saturated heterocycles. The number of nitrogens with zero attached hydrogens (tertiary/aromatic N) is 4. The van der Waals surface area contributed by atoms with Crippen LogP contribution in [0.4, 0.5) is 5.95 Å². The molecule has 112 valence electrons. The van der Waals surface area contributed by atoms with Gasteiger partial charge in [0, 0.05) is 25.2 Å². The van der Waals surface area contributed by atoms with Gasteiger partial charge in [0.25, 0.3) is 0 Å². The monoisotopic (exact) mass is 307 g/mol. The lowest BCUT2D eigenvalue weighted by atomic mass is 10.00. The third-order valence-electron chi connectivity index (χ3n) is 3.68. The third-order valence-corrected chi connectivity index (χ3v) is 4.80. The van der Waals surface area contributed by atoms with Gasteiger partial charge in [-0.05, 0) is 25.3 Å². The number of rotatable bonds is 3. The molecule has 1 aliphatic rings. The molecule has 0 radical (unpaired) electrons. The van der Waals surface area contributed by atoms with Gasteiger partial charge in [-0.25, -0.2) is 18.4 Å². The molecule has 0 amide bonds. The summed E-state index contributed by atoms with van der Waals surface area (Å²) in [5, 5.41) is 6.78. The molecule has 1 fully saturated rings. The zero-order valence-corrected chi connectivity index (χ0v) is 12.5. The Morgan fingerprint density at radius 1 is 1.29 bits per heavy atom. The van der Waals surface area contributed by atoms with Crippen molar-refractivity contribution in [2.75, 3.05) is 17.7 Å². The first-order valence-corrected chi connectivity index (χ1v) is 8.73. The standard InChI is InChI=1S/C13H17N5O2S/c1-21(19,20)11-9-16-17-12(11)10-5-2-3-8-18(10)13-14-6-4-7-15-13/h4,6-7,9-10H,2-3,5,8H2,1H3,(H,16,17)/t10-/m1/s1. The van der Waals surface area contributed by atoms with E-state index in [4.69, 9.17) is 0 Å². The largest absolute Gasteiger partial charge is 0.332 e. The molecule has 1 N–H and O–H groups in total. The summed E-state index contributed by atoms with van der Waals surface area (Å²) >= 11 is 0. The second-order valence-corrected chi connectivity index (χ2v) is 7.16. The van der Waals surface area contributed by atoms with E-state index < -0.39 is 9.84 Å². The summed E-state index contributed by atoms with van der Waals surface area (Å²) in [6, 6.07) is 1.67. The van der Waals surface area contributed by atoms with Gasteiger partial charge in [0.15, 0.2) is 9.84 Å². The molecule has 0 saturated carbocycles. The van der Waals surface area contributed by atoms with E-state index in [1.54, 1.807) is 18.5 Å². The fourth-order valence-electron chi connectivity index (χ4n) is 2.73. The van der Waals surface area contributed by atoms with Crippen LogP contribution in [0.5, 0.6) is 0 Å². The van der Waals surface area contributed by atoms with Gasteiger partial charge in [0.2, 0.25) is 5.95 Å². The van der Waals surface area contributed by atoms with Crippen LogP contribution in [0.25, 0.3) is 0 Å². The van der Waals surface area contributed by atoms with Gasteiger partial charge >= 0.3 is 0 Å². The lowest BCUT2D eigenvalue weighted by molar-refractivity contribution is 0.452. The van der Waals surface area contributed by atoms with Crippen LogP contribution in [0, 0.1) is 0 Å². The second-order valence-electron chi connectivity index (χ2n) is 5.17. The topological polar surface area (TPSA) is 91.8 Å². The molecule has 1 aliphatic heterocycles. The third kappa shape index (κ3) is 2.76. The Morgan fingerprint density at radius 2 is 2.05 bits per heavy atom. The molecule has 21 heavy (non-hydrogen) atoms. The summed E-state index contributed by atoms with van der Waals surface area (Å²) in [6.07, 6.45) is 8.89. The van der Waals surface area contributed by atoms with Gasteiger partial charge in [0.05, 0.1) is 17.9 Å². The van der Waals surface area contributed by atoms with Gasteiger partial charge in [0.1, 0.15) is 4.90 Å². The van der Waals surface area contributed by atoms with Crippen LogP contribution in [0.3, 0.4) is 0 Å². The average Bonchev–Trinajstić information content (AvgIpc) is 2.98. The van der Waals surface area contributed by atoms with Gasteiger partial charge in [-0.15, -0.1) is 0 Å². The number of nitrogens with one attached hydrogen (secondary N) is 1. The van der Waals surface area contributed by atoms with E-state index in [2.05, 4.69) is 20.2 Å². The van der Waals surface area contributed by atoms with Crippen LogP contribution >= 0.6 is 0 Å². The van der Waals surface area contributed by atoms with Crippen molar-refractivity contribution in [2.24, 2.45) is 0 Å². The van der Waals surface area contributed by atoms with Crippen LogP contribution in [-0.2, 0) is 9.84 Å². The van der Waals surface area contributed by atoms with Gasteiger partial charge < -0.3 is 4.90 Å². The fourth-order valence-corrected chi connectivity index (χ4v) is 3.56. The number of sulfone groups is 1.